The predicted octanol–water partition coefficient (Wildman–Crippen LogP) is 3.44. The standard InChI is InChI=1S/C24H28N8O2S/c1-15-13-21(29-28-15)26-22-20-6-4-12-32(20)30-24(27-22)35-19-9-7-17(8-10-19)25-23(34)16(2)31-11-3-5-18(31)14-33/h4,6-10,12-13,16,18,33H,3,5,11,14H2,1-2H3,(H,25,34)(H2,26,27,28,29,30). The second-order valence-corrected chi connectivity index (χ2v) is 9.69. The van der Waals surface area contributed by atoms with Crippen molar-refractivity contribution < 1.29 is 9.90 Å². The lowest BCUT2D eigenvalue weighted by Crippen LogP contribution is -2.45. The molecule has 4 aromatic rings. The van der Waals surface area contributed by atoms with Gasteiger partial charge in [-0.25, -0.2) is 9.50 Å². The van der Waals surface area contributed by atoms with E-state index in [0.717, 1.165) is 41.2 Å². The van der Waals surface area contributed by atoms with Crippen LogP contribution in [0.2, 0.25) is 0 Å². The summed E-state index contributed by atoms with van der Waals surface area (Å²) in [5, 5.41) is 28.1. The van der Waals surface area contributed by atoms with Crippen molar-refractivity contribution in [3.63, 3.8) is 0 Å². The van der Waals surface area contributed by atoms with Gasteiger partial charge in [-0.2, -0.15) is 5.10 Å². The normalized spacial score (nSPS) is 17.1. The first kappa shape index (κ1) is 23.3. The molecule has 1 aliphatic rings. The van der Waals surface area contributed by atoms with Gasteiger partial charge in [-0.15, -0.1) is 5.10 Å². The number of carbonyl (C=O) groups is 1. The highest BCUT2D eigenvalue weighted by molar-refractivity contribution is 7.99. The maximum atomic E-state index is 12.7. The molecule has 1 fully saturated rings. The van der Waals surface area contributed by atoms with Crippen LogP contribution in [0.5, 0.6) is 0 Å². The number of carbonyl (C=O) groups excluding carboxylic acids is 1. The van der Waals surface area contributed by atoms with Crippen LogP contribution in [-0.4, -0.2) is 65.9 Å². The predicted molar refractivity (Wildman–Crippen MR) is 135 cm³/mol. The number of H-pyrrole nitrogens is 1. The number of benzene rings is 1. The average molecular weight is 493 g/mol. The molecule has 0 saturated carbocycles. The molecule has 182 valence electrons. The number of aliphatic hydroxyl groups is 1. The molecule has 1 aromatic carbocycles. The second kappa shape index (κ2) is 10.1. The SMILES string of the molecule is Cc1cc(Nc2nc(Sc3ccc(NC(=O)C(C)N4CCCC4CO)cc3)nn3cccc23)n[nH]1. The van der Waals surface area contributed by atoms with Crippen molar-refractivity contribution in [2.45, 2.75) is 48.8 Å². The maximum absolute atomic E-state index is 12.7. The van der Waals surface area contributed by atoms with Gasteiger partial charge in [-0.1, -0.05) is 0 Å². The van der Waals surface area contributed by atoms with Crippen LogP contribution in [0.1, 0.15) is 25.5 Å². The molecule has 10 nitrogen and oxygen atoms in total. The molecule has 4 heterocycles. The third-order valence-corrected chi connectivity index (χ3v) is 7.03. The molecule has 1 saturated heterocycles. The number of hydrogen-bond acceptors (Lipinski definition) is 8. The van der Waals surface area contributed by atoms with Crippen LogP contribution in [0.3, 0.4) is 0 Å². The van der Waals surface area contributed by atoms with Crippen LogP contribution >= 0.6 is 11.8 Å². The number of likely N-dealkylation sites (tertiary alicyclic amines) is 1. The number of amides is 1. The summed E-state index contributed by atoms with van der Waals surface area (Å²) < 4.78 is 1.78. The molecule has 0 spiro atoms. The number of aromatic amines is 1. The first-order valence-corrected chi connectivity index (χ1v) is 12.4. The molecular weight excluding hydrogens is 464 g/mol. The summed E-state index contributed by atoms with van der Waals surface area (Å²) in [5.74, 6) is 1.28. The van der Waals surface area contributed by atoms with Crippen molar-refractivity contribution in [1.82, 2.24) is 29.7 Å². The lowest BCUT2D eigenvalue weighted by atomic mass is 10.2. The summed E-state index contributed by atoms with van der Waals surface area (Å²) in [4.78, 5) is 20.5. The first-order chi connectivity index (χ1) is 17.0. The van der Waals surface area contributed by atoms with Gasteiger partial charge in [0.05, 0.1) is 12.6 Å². The Bertz CT molecular complexity index is 1320. The van der Waals surface area contributed by atoms with Crippen LogP contribution in [0, 0.1) is 6.92 Å². The summed E-state index contributed by atoms with van der Waals surface area (Å²) in [6, 6.07) is 13.2. The molecule has 0 radical (unpaired) electrons. The van der Waals surface area contributed by atoms with Gasteiger partial charge >= 0.3 is 0 Å². The lowest BCUT2D eigenvalue weighted by Gasteiger charge is -2.28. The Hall–Kier alpha value is -3.41. The van der Waals surface area contributed by atoms with Crippen molar-refractivity contribution in [1.29, 1.82) is 0 Å². The van der Waals surface area contributed by atoms with Gasteiger partial charge in [-0.3, -0.25) is 14.8 Å². The highest BCUT2D eigenvalue weighted by Crippen LogP contribution is 2.29. The molecule has 0 aliphatic carbocycles. The highest BCUT2D eigenvalue weighted by atomic mass is 32.2. The van der Waals surface area contributed by atoms with Gasteiger partial charge < -0.3 is 15.7 Å². The van der Waals surface area contributed by atoms with E-state index in [2.05, 4.69) is 30.8 Å². The molecule has 0 bridgehead atoms. The Balaban J connectivity index is 1.27. The van der Waals surface area contributed by atoms with Crippen molar-refractivity contribution in [2.75, 3.05) is 23.8 Å². The Morgan fingerprint density at radius 1 is 1.31 bits per heavy atom. The van der Waals surface area contributed by atoms with Crippen LogP contribution in [-0.2, 0) is 4.79 Å². The minimum absolute atomic E-state index is 0.0589. The zero-order valence-electron chi connectivity index (χ0n) is 19.6. The molecule has 1 aliphatic heterocycles. The summed E-state index contributed by atoms with van der Waals surface area (Å²) in [6.45, 7) is 4.74. The van der Waals surface area contributed by atoms with E-state index in [1.807, 2.05) is 62.5 Å². The smallest absolute Gasteiger partial charge is 0.241 e. The van der Waals surface area contributed by atoms with Gasteiger partial charge in [-0.05, 0) is 81.4 Å². The van der Waals surface area contributed by atoms with Gasteiger partial charge in [0.2, 0.25) is 11.1 Å². The number of anilines is 3. The monoisotopic (exact) mass is 492 g/mol. The fraction of sp³-hybridized carbons (Fsp3) is 0.333. The number of rotatable bonds is 8. The number of nitrogens with one attached hydrogen (secondary N) is 3. The number of aryl methyl sites for hydroxylation is 1. The molecule has 4 N–H and O–H groups in total. The minimum Gasteiger partial charge on any atom is -0.395 e. The Labute approximate surface area is 207 Å². The fourth-order valence-electron chi connectivity index (χ4n) is 4.33. The largest absolute Gasteiger partial charge is 0.395 e. The van der Waals surface area contributed by atoms with Gasteiger partial charge in [0.1, 0.15) is 5.52 Å². The molecule has 11 heteroatoms. The van der Waals surface area contributed by atoms with E-state index in [0.29, 0.717) is 16.8 Å². The van der Waals surface area contributed by atoms with Crippen LogP contribution in [0.4, 0.5) is 17.3 Å². The van der Waals surface area contributed by atoms with E-state index in [9.17, 15) is 9.90 Å². The summed E-state index contributed by atoms with van der Waals surface area (Å²) in [7, 11) is 0. The van der Waals surface area contributed by atoms with Gasteiger partial charge in [0.15, 0.2) is 11.6 Å². The van der Waals surface area contributed by atoms with E-state index >= 15 is 0 Å². The van der Waals surface area contributed by atoms with E-state index in [1.165, 1.54) is 11.8 Å². The third kappa shape index (κ3) is 5.16. The minimum atomic E-state index is -0.297. The number of hydrogen-bond donors (Lipinski definition) is 4. The number of nitrogens with zero attached hydrogens (tertiary/aromatic N) is 5. The summed E-state index contributed by atoms with van der Waals surface area (Å²) in [6.07, 6.45) is 3.81. The van der Waals surface area contributed by atoms with Crippen LogP contribution in [0.15, 0.2) is 58.7 Å². The van der Waals surface area contributed by atoms with E-state index in [-0.39, 0.29) is 24.6 Å². The highest BCUT2D eigenvalue weighted by Gasteiger charge is 2.31. The second-order valence-electron chi connectivity index (χ2n) is 8.65. The van der Waals surface area contributed by atoms with E-state index < -0.39 is 0 Å². The quantitative estimate of drug-likeness (QED) is 0.295. The third-order valence-electron chi connectivity index (χ3n) is 6.17. The van der Waals surface area contributed by atoms with Gasteiger partial charge in [0, 0.05) is 34.6 Å². The van der Waals surface area contributed by atoms with E-state index in [4.69, 9.17) is 4.98 Å². The zero-order chi connectivity index (χ0) is 24.4. The van der Waals surface area contributed by atoms with Crippen molar-refractivity contribution in [3.8, 4) is 0 Å². The van der Waals surface area contributed by atoms with Crippen molar-refractivity contribution in [3.05, 3.63) is 54.4 Å². The molecule has 1 amide bonds. The molecule has 2 unspecified atom stereocenters. The van der Waals surface area contributed by atoms with E-state index in [1.54, 1.807) is 4.52 Å². The van der Waals surface area contributed by atoms with Crippen molar-refractivity contribution >= 4 is 40.5 Å². The number of aromatic nitrogens is 5. The summed E-state index contributed by atoms with van der Waals surface area (Å²) in [5.41, 5.74) is 2.53. The first-order valence-electron chi connectivity index (χ1n) is 11.6. The Kier molecular flexibility index (Phi) is 6.71. The van der Waals surface area contributed by atoms with Crippen LogP contribution < -0.4 is 10.6 Å². The molecule has 2 atom stereocenters. The van der Waals surface area contributed by atoms with Gasteiger partial charge in [0.25, 0.3) is 0 Å². The number of aliphatic hydroxyl groups excluding tert-OH is 1. The van der Waals surface area contributed by atoms with Crippen molar-refractivity contribution in [2.24, 2.45) is 0 Å². The molecular formula is C24H28N8O2S. The summed E-state index contributed by atoms with van der Waals surface area (Å²) >= 11 is 1.43. The lowest BCUT2D eigenvalue weighted by molar-refractivity contribution is -0.121. The Morgan fingerprint density at radius 2 is 2.14 bits per heavy atom. The molecule has 35 heavy (non-hydrogen) atoms. The molecule has 3 aromatic heterocycles. The fourth-order valence-corrected chi connectivity index (χ4v) is 5.07. The maximum Gasteiger partial charge on any atom is 0.241 e. The Morgan fingerprint density at radius 3 is 2.89 bits per heavy atom. The molecule has 5 rings (SSSR count). The zero-order valence-corrected chi connectivity index (χ0v) is 20.4. The van der Waals surface area contributed by atoms with Crippen LogP contribution in [0.25, 0.3) is 5.52 Å². The topological polar surface area (TPSA) is 123 Å². The number of fused-ring (bicyclic) bond motifs is 1. The average Bonchev–Trinajstić information content (AvgIpc) is 3.60.